The van der Waals surface area contributed by atoms with Gasteiger partial charge in [-0.15, -0.1) is 0 Å². The number of H-pyrrole nitrogens is 1. The molecule has 0 fully saturated rings. The average molecular weight is 372 g/mol. The van der Waals surface area contributed by atoms with Crippen LogP contribution in [0.4, 0.5) is 5.82 Å². The molecule has 0 saturated heterocycles. The van der Waals surface area contributed by atoms with Crippen molar-refractivity contribution < 1.29 is 9.90 Å². The van der Waals surface area contributed by atoms with Crippen LogP contribution in [-0.4, -0.2) is 33.1 Å². The van der Waals surface area contributed by atoms with Gasteiger partial charge in [-0.05, 0) is 36.2 Å². The van der Waals surface area contributed by atoms with Gasteiger partial charge in [0.05, 0.1) is 10.9 Å². The largest absolute Gasteiger partial charge is 0.478 e. The number of rotatable bonds is 5. The maximum atomic E-state index is 11.0. The van der Waals surface area contributed by atoms with Gasteiger partial charge in [0.15, 0.2) is 0 Å². The van der Waals surface area contributed by atoms with Crippen LogP contribution in [0.15, 0.2) is 60.9 Å². The van der Waals surface area contributed by atoms with Crippen molar-refractivity contribution in [3.8, 4) is 11.3 Å². The summed E-state index contributed by atoms with van der Waals surface area (Å²) in [4.78, 5) is 25.3. The van der Waals surface area contributed by atoms with Gasteiger partial charge in [-0.25, -0.2) is 14.8 Å². The Labute approximate surface area is 162 Å². The Morgan fingerprint density at radius 1 is 1.11 bits per heavy atom. The lowest BCUT2D eigenvalue weighted by Gasteiger charge is -2.19. The number of carboxylic acid groups (broad SMARTS) is 1. The Hall–Kier alpha value is -3.67. The molecule has 0 atom stereocenters. The van der Waals surface area contributed by atoms with E-state index in [0.717, 1.165) is 34.7 Å². The fourth-order valence-electron chi connectivity index (χ4n) is 3.34. The smallest absolute Gasteiger partial charge is 0.335 e. The van der Waals surface area contributed by atoms with Gasteiger partial charge in [0.25, 0.3) is 0 Å². The van der Waals surface area contributed by atoms with Gasteiger partial charge in [-0.1, -0.05) is 42.0 Å². The third-order valence-electron chi connectivity index (χ3n) is 4.71. The quantitative estimate of drug-likeness (QED) is 0.547. The van der Waals surface area contributed by atoms with Crippen molar-refractivity contribution in [2.75, 3.05) is 11.9 Å². The van der Waals surface area contributed by atoms with E-state index in [4.69, 9.17) is 5.11 Å². The minimum absolute atomic E-state index is 0.262. The van der Waals surface area contributed by atoms with Crippen molar-refractivity contribution in [2.24, 2.45) is 0 Å². The highest BCUT2D eigenvalue weighted by Crippen LogP contribution is 2.29. The number of nitrogens with one attached hydrogen (secondary N) is 1. The summed E-state index contributed by atoms with van der Waals surface area (Å²) in [7, 11) is 2.01. The fraction of sp³-hybridized carbons (Fsp3) is 0.136. The van der Waals surface area contributed by atoms with Gasteiger partial charge >= 0.3 is 5.97 Å². The Morgan fingerprint density at radius 2 is 1.89 bits per heavy atom. The monoisotopic (exact) mass is 372 g/mol. The van der Waals surface area contributed by atoms with Crippen molar-refractivity contribution in [1.82, 2.24) is 15.0 Å². The number of aromatic nitrogens is 3. The zero-order valence-corrected chi connectivity index (χ0v) is 15.7. The number of hydrogen-bond donors (Lipinski definition) is 2. The first-order chi connectivity index (χ1) is 13.5. The van der Waals surface area contributed by atoms with Crippen LogP contribution in [0.3, 0.4) is 0 Å². The van der Waals surface area contributed by atoms with E-state index in [1.165, 1.54) is 11.1 Å². The third kappa shape index (κ3) is 3.44. The van der Waals surface area contributed by atoms with E-state index in [2.05, 4.69) is 51.0 Å². The molecule has 0 amide bonds. The number of aromatic carboxylic acids is 1. The van der Waals surface area contributed by atoms with Crippen molar-refractivity contribution in [3.05, 3.63) is 77.6 Å². The Kier molecular flexibility index (Phi) is 4.53. The molecular weight excluding hydrogens is 352 g/mol. The summed E-state index contributed by atoms with van der Waals surface area (Å²) in [6, 6.07) is 17.2. The Morgan fingerprint density at radius 3 is 2.61 bits per heavy atom. The zero-order chi connectivity index (χ0) is 19.7. The summed E-state index contributed by atoms with van der Waals surface area (Å²) in [5.74, 6) is -0.0923. The molecule has 4 rings (SSSR count). The molecule has 0 unspecified atom stereocenters. The van der Waals surface area contributed by atoms with Crippen LogP contribution in [0, 0.1) is 6.92 Å². The maximum Gasteiger partial charge on any atom is 0.335 e. The summed E-state index contributed by atoms with van der Waals surface area (Å²) in [5.41, 5.74) is 5.23. The topological polar surface area (TPSA) is 82.1 Å². The van der Waals surface area contributed by atoms with E-state index in [1.54, 1.807) is 30.6 Å². The number of anilines is 1. The number of carbonyl (C=O) groups is 1. The van der Waals surface area contributed by atoms with Gasteiger partial charge in [-0.2, -0.15) is 0 Å². The lowest BCUT2D eigenvalue weighted by molar-refractivity contribution is 0.0697. The van der Waals surface area contributed by atoms with Gasteiger partial charge < -0.3 is 15.0 Å². The van der Waals surface area contributed by atoms with Crippen LogP contribution < -0.4 is 4.90 Å². The molecule has 6 heteroatoms. The van der Waals surface area contributed by atoms with Crippen molar-refractivity contribution in [3.63, 3.8) is 0 Å². The molecule has 6 nitrogen and oxygen atoms in total. The van der Waals surface area contributed by atoms with E-state index < -0.39 is 5.97 Å². The van der Waals surface area contributed by atoms with Crippen LogP contribution in [0.2, 0.25) is 0 Å². The van der Waals surface area contributed by atoms with Gasteiger partial charge in [-0.3, -0.25) is 0 Å². The van der Waals surface area contributed by atoms with Crippen LogP contribution in [0.1, 0.15) is 21.5 Å². The predicted molar refractivity (Wildman–Crippen MR) is 110 cm³/mol. The highest BCUT2D eigenvalue weighted by Gasteiger charge is 2.13. The highest BCUT2D eigenvalue weighted by molar-refractivity contribution is 5.92. The standard InChI is InChI=1S/C22H20N4O2/c1-14-4-3-5-15(10-14)12-26(2)21-18-11-19(25-20(18)23-13-24-21)16-6-8-17(9-7-16)22(27)28/h3-11,13H,12H2,1-2H3,(H,27,28)(H,23,24,25). The molecule has 0 spiro atoms. The van der Waals surface area contributed by atoms with Crippen molar-refractivity contribution in [1.29, 1.82) is 0 Å². The second-order valence-corrected chi connectivity index (χ2v) is 6.87. The molecule has 140 valence electrons. The molecule has 28 heavy (non-hydrogen) atoms. The normalized spacial score (nSPS) is 10.9. The van der Waals surface area contributed by atoms with Crippen LogP contribution in [0.5, 0.6) is 0 Å². The maximum absolute atomic E-state index is 11.0. The molecule has 0 aliphatic rings. The Bertz CT molecular complexity index is 1150. The summed E-state index contributed by atoms with van der Waals surface area (Å²) >= 11 is 0. The number of fused-ring (bicyclic) bond motifs is 1. The molecule has 4 aromatic rings. The number of aryl methyl sites for hydroxylation is 1. The van der Waals surface area contributed by atoms with Gasteiger partial charge in [0, 0.05) is 19.3 Å². The van der Waals surface area contributed by atoms with E-state index in [9.17, 15) is 4.79 Å². The van der Waals surface area contributed by atoms with E-state index in [1.807, 2.05) is 13.1 Å². The Balaban J connectivity index is 1.67. The van der Waals surface area contributed by atoms with E-state index in [0.29, 0.717) is 0 Å². The fourth-order valence-corrected chi connectivity index (χ4v) is 3.34. The first kappa shape index (κ1) is 17.7. The molecule has 2 aromatic heterocycles. The number of hydrogen-bond acceptors (Lipinski definition) is 4. The summed E-state index contributed by atoms with van der Waals surface area (Å²) in [6.45, 7) is 2.82. The van der Waals surface area contributed by atoms with E-state index in [-0.39, 0.29) is 5.56 Å². The van der Waals surface area contributed by atoms with Gasteiger partial charge in [0.1, 0.15) is 17.8 Å². The molecule has 2 N–H and O–H groups in total. The molecular formula is C22H20N4O2. The lowest BCUT2D eigenvalue weighted by atomic mass is 10.1. The molecule has 0 radical (unpaired) electrons. The SMILES string of the molecule is Cc1cccc(CN(C)c2ncnc3[nH]c(-c4ccc(C(=O)O)cc4)cc23)c1. The second kappa shape index (κ2) is 7.15. The molecule has 2 aromatic carbocycles. The summed E-state index contributed by atoms with van der Waals surface area (Å²) < 4.78 is 0. The highest BCUT2D eigenvalue weighted by atomic mass is 16.4. The number of aromatic amines is 1. The van der Waals surface area contributed by atoms with Crippen LogP contribution in [0.25, 0.3) is 22.3 Å². The number of carboxylic acids is 1. The van der Waals surface area contributed by atoms with Crippen LogP contribution >= 0.6 is 0 Å². The van der Waals surface area contributed by atoms with E-state index >= 15 is 0 Å². The minimum Gasteiger partial charge on any atom is -0.478 e. The lowest BCUT2D eigenvalue weighted by Crippen LogP contribution is -2.18. The van der Waals surface area contributed by atoms with Crippen LogP contribution in [-0.2, 0) is 6.54 Å². The second-order valence-electron chi connectivity index (χ2n) is 6.87. The summed E-state index contributed by atoms with van der Waals surface area (Å²) in [5, 5.41) is 9.99. The molecule has 0 saturated carbocycles. The predicted octanol–water partition coefficient (Wildman–Crippen LogP) is 4.27. The zero-order valence-electron chi connectivity index (χ0n) is 15.7. The molecule has 0 bridgehead atoms. The molecule has 0 aliphatic heterocycles. The summed E-state index contributed by atoms with van der Waals surface area (Å²) in [6.07, 6.45) is 1.55. The third-order valence-corrected chi connectivity index (χ3v) is 4.71. The average Bonchev–Trinajstić information content (AvgIpc) is 3.12. The number of benzene rings is 2. The van der Waals surface area contributed by atoms with Crippen molar-refractivity contribution >= 4 is 22.8 Å². The first-order valence-electron chi connectivity index (χ1n) is 8.95. The van der Waals surface area contributed by atoms with Crippen molar-refractivity contribution in [2.45, 2.75) is 13.5 Å². The first-order valence-corrected chi connectivity index (χ1v) is 8.95. The minimum atomic E-state index is -0.936. The number of nitrogens with zero attached hydrogens (tertiary/aromatic N) is 3. The molecule has 0 aliphatic carbocycles. The molecule has 2 heterocycles. The van der Waals surface area contributed by atoms with Gasteiger partial charge in [0.2, 0.25) is 0 Å².